The van der Waals surface area contributed by atoms with Gasteiger partial charge in [-0.15, -0.1) is 0 Å². The smallest absolute Gasteiger partial charge is 0.295 e. The SMILES string of the molecule is CC(C)CC12CCCN1C(CCc1cnc(C(F)(F)F)nc1)CC2. The fourth-order valence-corrected chi connectivity index (χ4v) is 4.73. The van der Waals surface area contributed by atoms with Crippen molar-refractivity contribution in [3.8, 4) is 0 Å². The molecule has 2 unspecified atom stereocenters. The van der Waals surface area contributed by atoms with Gasteiger partial charge in [-0.3, -0.25) is 4.90 Å². The van der Waals surface area contributed by atoms with E-state index in [1.165, 1.54) is 51.0 Å². The van der Waals surface area contributed by atoms with Crippen molar-refractivity contribution in [3.05, 3.63) is 23.8 Å². The molecule has 2 fully saturated rings. The van der Waals surface area contributed by atoms with Gasteiger partial charge in [0.1, 0.15) is 0 Å². The van der Waals surface area contributed by atoms with E-state index < -0.39 is 12.0 Å². The molecule has 0 amide bonds. The first-order valence-electron chi connectivity index (χ1n) is 8.95. The number of alkyl halides is 3. The second kappa shape index (κ2) is 6.62. The first kappa shape index (κ1) is 17.6. The molecule has 0 bridgehead atoms. The molecule has 134 valence electrons. The molecule has 24 heavy (non-hydrogen) atoms. The summed E-state index contributed by atoms with van der Waals surface area (Å²) in [7, 11) is 0. The van der Waals surface area contributed by atoms with E-state index >= 15 is 0 Å². The number of aromatic nitrogens is 2. The lowest BCUT2D eigenvalue weighted by molar-refractivity contribution is -0.145. The average molecular weight is 341 g/mol. The van der Waals surface area contributed by atoms with E-state index in [9.17, 15) is 13.2 Å². The van der Waals surface area contributed by atoms with E-state index in [0.717, 1.165) is 18.4 Å². The third-order valence-corrected chi connectivity index (χ3v) is 5.55. The van der Waals surface area contributed by atoms with Crippen molar-refractivity contribution in [2.24, 2.45) is 5.92 Å². The molecule has 1 aromatic heterocycles. The quantitative estimate of drug-likeness (QED) is 0.791. The first-order chi connectivity index (χ1) is 11.3. The Kier molecular flexibility index (Phi) is 4.87. The zero-order valence-electron chi connectivity index (χ0n) is 14.4. The van der Waals surface area contributed by atoms with Crippen LogP contribution in [0.1, 0.15) is 63.8 Å². The van der Waals surface area contributed by atoms with E-state index in [4.69, 9.17) is 0 Å². The third kappa shape index (κ3) is 3.58. The number of halogens is 3. The van der Waals surface area contributed by atoms with Crippen molar-refractivity contribution in [3.63, 3.8) is 0 Å². The fraction of sp³-hybridized carbons (Fsp3) is 0.778. The molecule has 2 aliphatic heterocycles. The number of rotatable bonds is 5. The lowest BCUT2D eigenvalue weighted by atomic mass is 9.85. The molecular formula is C18H26F3N3. The predicted molar refractivity (Wildman–Crippen MR) is 86.5 cm³/mol. The molecule has 3 nitrogen and oxygen atoms in total. The van der Waals surface area contributed by atoms with Crippen molar-refractivity contribution < 1.29 is 13.2 Å². The van der Waals surface area contributed by atoms with Gasteiger partial charge in [0.05, 0.1) is 0 Å². The normalized spacial score (nSPS) is 27.8. The molecule has 1 aromatic rings. The van der Waals surface area contributed by atoms with Gasteiger partial charge in [0, 0.05) is 24.0 Å². The number of aryl methyl sites for hydroxylation is 1. The van der Waals surface area contributed by atoms with Crippen LogP contribution in [0.2, 0.25) is 0 Å². The van der Waals surface area contributed by atoms with Gasteiger partial charge in [-0.1, -0.05) is 13.8 Å². The van der Waals surface area contributed by atoms with Crippen LogP contribution in [-0.4, -0.2) is 33.0 Å². The minimum absolute atomic E-state index is 0.384. The Hall–Kier alpha value is -1.17. The summed E-state index contributed by atoms with van der Waals surface area (Å²) in [4.78, 5) is 9.62. The lowest BCUT2D eigenvalue weighted by Crippen LogP contribution is -2.43. The summed E-state index contributed by atoms with van der Waals surface area (Å²) in [6, 6.07) is 0.550. The van der Waals surface area contributed by atoms with Crippen LogP contribution in [-0.2, 0) is 12.6 Å². The Morgan fingerprint density at radius 1 is 1.25 bits per heavy atom. The Bertz CT molecular complexity index is 556. The maximum Gasteiger partial charge on any atom is 0.451 e. The molecule has 3 heterocycles. The van der Waals surface area contributed by atoms with Crippen LogP contribution in [0.3, 0.4) is 0 Å². The number of hydrogen-bond acceptors (Lipinski definition) is 3. The van der Waals surface area contributed by atoms with Crippen LogP contribution >= 0.6 is 0 Å². The molecule has 3 rings (SSSR count). The highest BCUT2D eigenvalue weighted by Gasteiger charge is 2.48. The summed E-state index contributed by atoms with van der Waals surface area (Å²) >= 11 is 0. The van der Waals surface area contributed by atoms with Gasteiger partial charge in [-0.05, 0) is 63.0 Å². The lowest BCUT2D eigenvalue weighted by Gasteiger charge is -2.36. The van der Waals surface area contributed by atoms with Gasteiger partial charge >= 0.3 is 6.18 Å². The van der Waals surface area contributed by atoms with Gasteiger partial charge in [0.15, 0.2) is 0 Å². The molecule has 0 saturated carbocycles. The van der Waals surface area contributed by atoms with Crippen LogP contribution in [0.5, 0.6) is 0 Å². The molecule has 0 aliphatic carbocycles. The van der Waals surface area contributed by atoms with Crippen LogP contribution in [0, 0.1) is 5.92 Å². The molecule has 2 aliphatic rings. The number of nitrogens with zero attached hydrogens (tertiary/aromatic N) is 3. The molecule has 2 atom stereocenters. The molecule has 2 saturated heterocycles. The van der Waals surface area contributed by atoms with E-state index in [1.54, 1.807) is 0 Å². The summed E-state index contributed by atoms with van der Waals surface area (Å²) in [6.45, 7) is 5.75. The standard InChI is InChI=1S/C18H26F3N3/c1-13(2)10-17-7-3-9-24(17)15(6-8-17)5-4-14-11-22-16(23-12-14)18(19,20)21/h11-13,15H,3-10H2,1-2H3. The fourth-order valence-electron chi connectivity index (χ4n) is 4.73. The average Bonchev–Trinajstić information content (AvgIpc) is 3.03. The Labute approximate surface area is 141 Å². The van der Waals surface area contributed by atoms with Gasteiger partial charge in [0.2, 0.25) is 5.82 Å². The Morgan fingerprint density at radius 2 is 1.96 bits per heavy atom. The van der Waals surface area contributed by atoms with Crippen LogP contribution < -0.4 is 0 Å². The summed E-state index contributed by atoms with van der Waals surface area (Å²) < 4.78 is 37.5. The minimum Gasteiger partial charge on any atom is -0.295 e. The van der Waals surface area contributed by atoms with Gasteiger partial charge in [-0.2, -0.15) is 13.2 Å². The van der Waals surface area contributed by atoms with Crippen molar-refractivity contribution >= 4 is 0 Å². The van der Waals surface area contributed by atoms with E-state index in [2.05, 4.69) is 28.7 Å². The maximum absolute atomic E-state index is 12.5. The molecular weight excluding hydrogens is 315 g/mol. The first-order valence-corrected chi connectivity index (χ1v) is 8.95. The second-order valence-electron chi connectivity index (χ2n) is 7.76. The monoisotopic (exact) mass is 341 g/mol. The second-order valence-corrected chi connectivity index (χ2v) is 7.76. The highest BCUT2D eigenvalue weighted by Crippen LogP contribution is 2.47. The summed E-state index contributed by atoms with van der Waals surface area (Å²) in [5.41, 5.74) is 1.18. The van der Waals surface area contributed by atoms with Crippen molar-refractivity contribution in [1.29, 1.82) is 0 Å². The third-order valence-electron chi connectivity index (χ3n) is 5.55. The largest absolute Gasteiger partial charge is 0.451 e. The highest BCUT2D eigenvalue weighted by atomic mass is 19.4. The Morgan fingerprint density at radius 3 is 2.58 bits per heavy atom. The highest BCUT2D eigenvalue weighted by molar-refractivity contribution is 5.09. The van der Waals surface area contributed by atoms with Gasteiger partial charge in [0.25, 0.3) is 0 Å². The predicted octanol–water partition coefficient (Wildman–Crippen LogP) is 4.47. The van der Waals surface area contributed by atoms with E-state index in [1.807, 2.05) is 0 Å². The molecule has 0 aromatic carbocycles. The van der Waals surface area contributed by atoms with Gasteiger partial charge < -0.3 is 0 Å². The van der Waals surface area contributed by atoms with Crippen LogP contribution in [0.15, 0.2) is 12.4 Å². The maximum atomic E-state index is 12.5. The number of fused-ring (bicyclic) bond motifs is 1. The van der Waals surface area contributed by atoms with E-state index in [-0.39, 0.29) is 0 Å². The summed E-state index contributed by atoms with van der Waals surface area (Å²) in [5, 5.41) is 0. The van der Waals surface area contributed by atoms with Crippen molar-refractivity contribution in [2.45, 2.75) is 76.6 Å². The van der Waals surface area contributed by atoms with Crippen LogP contribution in [0.4, 0.5) is 13.2 Å². The number of hydrogen-bond donors (Lipinski definition) is 0. The minimum atomic E-state index is -4.46. The van der Waals surface area contributed by atoms with Crippen LogP contribution in [0.25, 0.3) is 0 Å². The molecule has 0 spiro atoms. The molecule has 6 heteroatoms. The van der Waals surface area contributed by atoms with E-state index in [0.29, 0.717) is 17.5 Å². The summed E-state index contributed by atoms with van der Waals surface area (Å²) in [5.74, 6) is -0.352. The van der Waals surface area contributed by atoms with Crippen molar-refractivity contribution in [1.82, 2.24) is 14.9 Å². The molecule has 0 radical (unpaired) electrons. The Balaban J connectivity index is 1.59. The molecule has 0 N–H and O–H groups in total. The topological polar surface area (TPSA) is 29.0 Å². The summed E-state index contributed by atoms with van der Waals surface area (Å²) in [6.07, 6.45) is 6.21. The van der Waals surface area contributed by atoms with Gasteiger partial charge in [-0.25, -0.2) is 9.97 Å². The van der Waals surface area contributed by atoms with Crippen molar-refractivity contribution in [2.75, 3.05) is 6.54 Å². The zero-order chi connectivity index (χ0) is 17.4. The zero-order valence-corrected chi connectivity index (χ0v) is 14.4.